The van der Waals surface area contributed by atoms with Gasteiger partial charge < -0.3 is 11.1 Å². The summed E-state index contributed by atoms with van der Waals surface area (Å²) in [6.45, 7) is 6.52. The molecular weight excluding hydrogens is 262 g/mol. The molecule has 0 bridgehead atoms. The van der Waals surface area contributed by atoms with E-state index in [0.717, 1.165) is 24.1 Å². The fourth-order valence-electron chi connectivity index (χ4n) is 2.06. The molecule has 1 aromatic rings. The molecule has 21 heavy (non-hydrogen) atoms. The van der Waals surface area contributed by atoms with E-state index in [-0.39, 0.29) is 5.91 Å². The van der Waals surface area contributed by atoms with E-state index < -0.39 is 5.41 Å². The van der Waals surface area contributed by atoms with Crippen molar-refractivity contribution in [2.45, 2.75) is 45.4 Å². The number of anilines is 1. The van der Waals surface area contributed by atoms with Crippen molar-refractivity contribution in [3.63, 3.8) is 0 Å². The average Bonchev–Trinajstić information content (AvgIpc) is 2.46. The molecule has 0 aliphatic carbocycles. The van der Waals surface area contributed by atoms with Crippen LogP contribution in [0.4, 0.5) is 5.69 Å². The lowest BCUT2D eigenvalue weighted by molar-refractivity contribution is -0.116. The van der Waals surface area contributed by atoms with Crippen LogP contribution in [0.2, 0.25) is 0 Å². The van der Waals surface area contributed by atoms with Crippen molar-refractivity contribution in [2.75, 3.05) is 11.9 Å². The smallest absolute Gasteiger partial charge is 0.224 e. The Balaban J connectivity index is 2.53. The van der Waals surface area contributed by atoms with Crippen LogP contribution in [-0.4, -0.2) is 12.5 Å². The van der Waals surface area contributed by atoms with Crippen molar-refractivity contribution >= 4 is 11.6 Å². The van der Waals surface area contributed by atoms with E-state index in [2.05, 4.69) is 18.3 Å². The number of benzene rings is 1. The second-order valence-electron chi connectivity index (χ2n) is 6.08. The highest BCUT2D eigenvalue weighted by atomic mass is 16.1. The summed E-state index contributed by atoms with van der Waals surface area (Å²) < 4.78 is 0. The molecule has 4 nitrogen and oxygen atoms in total. The third-order valence-corrected chi connectivity index (χ3v) is 3.69. The monoisotopic (exact) mass is 287 g/mol. The number of nitrogens with zero attached hydrogens (tertiary/aromatic N) is 1. The van der Waals surface area contributed by atoms with Gasteiger partial charge in [-0.3, -0.25) is 4.79 Å². The summed E-state index contributed by atoms with van der Waals surface area (Å²) in [4.78, 5) is 11.9. The van der Waals surface area contributed by atoms with Crippen LogP contribution in [-0.2, 0) is 10.2 Å². The predicted molar refractivity (Wildman–Crippen MR) is 85.8 cm³/mol. The summed E-state index contributed by atoms with van der Waals surface area (Å²) in [5.74, 6) is 0.491. The maximum Gasteiger partial charge on any atom is 0.224 e. The quantitative estimate of drug-likeness (QED) is 0.808. The van der Waals surface area contributed by atoms with Crippen molar-refractivity contribution in [2.24, 2.45) is 11.7 Å². The van der Waals surface area contributed by atoms with Crippen LogP contribution in [0.1, 0.15) is 45.6 Å². The van der Waals surface area contributed by atoms with Gasteiger partial charge in [0.05, 0.1) is 11.5 Å². The third kappa shape index (κ3) is 5.57. The zero-order valence-electron chi connectivity index (χ0n) is 13.1. The normalized spacial score (nSPS) is 12.5. The molecule has 0 heterocycles. The number of hydrogen-bond acceptors (Lipinski definition) is 3. The summed E-state index contributed by atoms with van der Waals surface area (Å²) in [5.41, 5.74) is 6.69. The highest BCUT2D eigenvalue weighted by Gasteiger charge is 2.19. The summed E-state index contributed by atoms with van der Waals surface area (Å²) in [5, 5.41) is 12.0. The Hall–Kier alpha value is -1.86. The van der Waals surface area contributed by atoms with Gasteiger partial charge in [0.1, 0.15) is 0 Å². The minimum Gasteiger partial charge on any atom is -0.330 e. The molecule has 0 aliphatic heterocycles. The predicted octanol–water partition coefficient (Wildman–Crippen LogP) is 3.19. The summed E-state index contributed by atoms with van der Waals surface area (Å²) in [7, 11) is 0. The van der Waals surface area contributed by atoms with Gasteiger partial charge in [-0.2, -0.15) is 5.26 Å². The van der Waals surface area contributed by atoms with E-state index in [9.17, 15) is 4.79 Å². The van der Waals surface area contributed by atoms with E-state index in [0.29, 0.717) is 18.9 Å². The van der Waals surface area contributed by atoms with Crippen molar-refractivity contribution in [3.8, 4) is 6.07 Å². The van der Waals surface area contributed by atoms with Crippen molar-refractivity contribution in [1.82, 2.24) is 0 Å². The standard InChI is InChI=1S/C17H25N3O/c1-13(10-11-18)4-9-16(21)20-15-7-5-14(6-8-15)17(2,3)12-19/h5-8,13H,4,9-11,18H2,1-3H3,(H,20,21). The third-order valence-electron chi connectivity index (χ3n) is 3.69. The first-order chi connectivity index (χ1) is 9.89. The van der Waals surface area contributed by atoms with Crippen molar-refractivity contribution in [3.05, 3.63) is 29.8 Å². The summed E-state index contributed by atoms with van der Waals surface area (Å²) in [6, 6.07) is 9.72. The second-order valence-corrected chi connectivity index (χ2v) is 6.08. The van der Waals surface area contributed by atoms with Gasteiger partial charge in [0.25, 0.3) is 0 Å². The number of rotatable bonds is 7. The molecule has 1 rings (SSSR count). The van der Waals surface area contributed by atoms with Crippen LogP contribution in [0.5, 0.6) is 0 Å². The Kier molecular flexibility index (Phi) is 6.39. The Morgan fingerprint density at radius 3 is 2.48 bits per heavy atom. The van der Waals surface area contributed by atoms with E-state index in [1.165, 1.54) is 0 Å². The Morgan fingerprint density at radius 1 is 1.33 bits per heavy atom. The first-order valence-corrected chi connectivity index (χ1v) is 7.40. The van der Waals surface area contributed by atoms with Gasteiger partial charge in [0.15, 0.2) is 0 Å². The van der Waals surface area contributed by atoms with Gasteiger partial charge >= 0.3 is 0 Å². The maximum absolute atomic E-state index is 11.9. The molecule has 1 aromatic carbocycles. The number of hydrogen-bond donors (Lipinski definition) is 2. The number of amides is 1. The average molecular weight is 287 g/mol. The van der Waals surface area contributed by atoms with E-state index in [4.69, 9.17) is 11.0 Å². The lowest BCUT2D eigenvalue weighted by Gasteiger charge is -2.16. The zero-order chi connectivity index (χ0) is 15.9. The fraction of sp³-hybridized carbons (Fsp3) is 0.529. The van der Waals surface area contributed by atoms with Gasteiger partial charge in [-0.15, -0.1) is 0 Å². The lowest BCUT2D eigenvalue weighted by atomic mass is 9.86. The molecule has 1 atom stereocenters. The molecule has 0 saturated heterocycles. The maximum atomic E-state index is 11.9. The molecule has 0 radical (unpaired) electrons. The van der Waals surface area contributed by atoms with Crippen LogP contribution in [0.3, 0.4) is 0 Å². The topological polar surface area (TPSA) is 78.9 Å². The number of nitrogens with one attached hydrogen (secondary N) is 1. The number of nitriles is 1. The van der Waals surface area contributed by atoms with Crippen LogP contribution in [0, 0.1) is 17.2 Å². The number of nitrogens with two attached hydrogens (primary N) is 1. The molecule has 3 N–H and O–H groups in total. The molecule has 0 fully saturated rings. The van der Waals surface area contributed by atoms with E-state index >= 15 is 0 Å². The van der Waals surface area contributed by atoms with Crippen LogP contribution in [0.25, 0.3) is 0 Å². The molecule has 0 aliphatic rings. The molecule has 0 spiro atoms. The van der Waals surface area contributed by atoms with Crippen LogP contribution >= 0.6 is 0 Å². The molecular formula is C17H25N3O. The Labute approximate surface area is 127 Å². The zero-order valence-corrected chi connectivity index (χ0v) is 13.1. The van der Waals surface area contributed by atoms with Crippen LogP contribution < -0.4 is 11.1 Å². The highest BCUT2D eigenvalue weighted by molar-refractivity contribution is 5.90. The van der Waals surface area contributed by atoms with Crippen molar-refractivity contribution < 1.29 is 4.79 Å². The first kappa shape index (κ1) is 17.2. The molecule has 0 saturated carbocycles. The highest BCUT2D eigenvalue weighted by Crippen LogP contribution is 2.23. The molecule has 1 unspecified atom stereocenters. The summed E-state index contributed by atoms with van der Waals surface area (Å²) >= 11 is 0. The van der Waals surface area contributed by atoms with E-state index in [1.54, 1.807) is 0 Å². The van der Waals surface area contributed by atoms with Gasteiger partial charge in [-0.25, -0.2) is 0 Å². The van der Waals surface area contributed by atoms with Gasteiger partial charge in [0, 0.05) is 12.1 Å². The SMILES string of the molecule is CC(CCN)CCC(=O)Nc1ccc(C(C)(C)C#N)cc1. The van der Waals surface area contributed by atoms with Gasteiger partial charge in [-0.1, -0.05) is 19.1 Å². The Morgan fingerprint density at radius 2 is 1.95 bits per heavy atom. The van der Waals surface area contributed by atoms with Gasteiger partial charge in [0.2, 0.25) is 5.91 Å². The first-order valence-electron chi connectivity index (χ1n) is 7.40. The summed E-state index contributed by atoms with van der Waals surface area (Å²) in [6.07, 6.45) is 2.31. The molecule has 114 valence electrons. The second kappa shape index (κ2) is 7.80. The van der Waals surface area contributed by atoms with Crippen molar-refractivity contribution in [1.29, 1.82) is 5.26 Å². The minimum atomic E-state index is -0.514. The van der Waals surface area contributed by atoms with Gasteiger partial charge in [-0.05, 0) is 56.8 Å². The van der Waals surface area contributed by atoms with E-state index in [1.807, 2.05) is 38.1 Å². The van der Waals surface area contributed by atoms with Crippen LogP contribution in [0.15, 0.2) is 24.3 Å². The molecule has 0 aromatic heterocycles. The number of carbonyl (C=O) groups is 1. The Bertz CT molecular complexity index is 500. The molecule has 1 amide bonds. The minimum absolute atomic E-state index is 0.0196. The molecule has 4 heteroatoms. The fourth-order valence-corrected chi connectivity index (χ4v) is 2.06. The lowest BCUT2D eigenvalue weighted by Crippen LogP contribution is -2.15. The number of carbonyl (C=O) groups excluding carboxylic acids is 1. The largest absolute Gasteiger partial charge is 0.330 e.